The number of hydrogen-bond acceptors (Lipinski definition) is 3. The van der Waals surface area contributed by atoms with Crippen molar-refractivity contribution in [3.05, 3.63) is 58.4 Å². The van der Waals surface area contributed by atoms with Crippen LogP contribution in [-0.2, 0) is 0 Å². The Morgan fingerprint density at radius 2 is 2.24 bits per heavy atom. The summed E-state index contributed by atoms with van der Waals surface area (Å²) in [5.41, 5.74) is 7.78. The number of pyridine rings is 1. The number of aryl methyl sites for hydroxylation is 1. The van der Waals surface area contributed by atoms with Crippen molar-refractivity contribution < 1.29 is 4.79 Å². The van der Waals surface area contributed by atoms with E-state index in [1.165, 1.54) is 0 Å². The molecule has 5 heteroatoms. The number of halogens is 1. The summed E-state index contributed by atoms with van der Waals surface area (Å²) in [5.74, 6) is 5.33. The molecule has 0 fully saturated rings. The van der Waals surface area contributed by atoms with E-state index in [-0.39, 0.29) is 12.5 Å². The Kier molecular flexibility index (Phi) is 4.94. The van der Waals surface area contributed by atoms with Gasteiger partial charge in [0.05, 0.1) is 11.6 Å². The lowest BCUT2D eigenvalue weighted by atomic mass is 10.1. The molecule has 1 aromatic heterocycles. The Balaban J connectivity index is 2.24. The maximum atomic E-state index is 12.2. The number of nitrogens with one attached hydrogen (secondary N) is 1. The van der Waals surface area contributed by atoms with Gasteiger partial charge in [0.15, 0.2) is 0 Å². The van der Waals surface area contributed by atoms with Crippen LogP contribution >= 0.6 is 11.6 Å². The average Bonchev–Trinajstić information content (AvgIpc) is 2.48. The zero-order valence-electron chi connectivity index (χ0n) is 11.5. The van der Waals surface area contributed by atoms with Gasteiger partial charge in [-0.25, -0.2) is 0 Å². The lowest BCUT2D eigenvalue weighted by Crippen LogP contribution is -2.15. The van der Waals surface area contributed by atoms with Gasteiger partial charge in [-0.1, -0.05) is 29.5 Å². The number of benzene rings is 1. The van der Waals surface area contributed by atoms with Gasteiger partial charge in [0.2, 0.25) is 0 Å². The Labute approximate surface area is 128 Å². The lowest BCUT2D eigenvalue weighted by Gasteiger charge is -2.07. The topological polar surface area (TPSA) is 68.0 Å². The highest BCUT2D eigenvalue weighted by molar-refractivity contribution is 6.31. The number of anilines is 1. The Morgan fingerprint density at radius 3 is 2.95 bits per heavy atom. The molecule has 0 spiro atoms. The number of aromatic nitrogens is 1. The van der Waals surface area contributed by atoms with Gasteiger partial charge in [0.25, 0.3) is 5.91 Å². The Morgan fingerprint density at radius 1 is 1.43 bits per heavy atom. The fourth-order valence-corrected chi connectivity index (χ4v) is 1.92. The minimum Gasteiger partial charge on any atom is -0.321 e. The van der Waals surface area contributed by atoms with Crippen molar-refractivity contribution in [1.82, 2.24) is 4.98 Å². The third-order valence-corrected chi connectivity index (χ3v) is 3.10. The van der Waals surface area contributed by atoms with E-state index in [1.807, 2.05) is 13.0 Å². The molecular weight excluding hydrogens is 286 g/mol. The summed E-state index contributed by atoms with van der Waals surface area (Å²) < 4.78 is 0. The number of hydrogen-bond donors (Lipinski definition) is 2. The molecule has 2 aromatic rings. The van der Waals surface area contributed by atoms with Gasteiger partial charge in [-0.2, -0.15) is 0 Å². The second kappa shape index (κ2) is 6.89. The molecule has 1 aromatic carbocycles. The molecule has 0 aliphatic rings. The first-order valence-corrected chi connectivity index (χ1v) is 6.71. The van der Waals surface area contributed by atoms with E-state index < -0.39 is 0 Å². The first-order chi connectivity index (χ1) is 10.1. The molecule has 2 rings (SSSR count). The van der Waals surface area contributed by atoms with E-state index in [0.717, 1.165) is 5.56 Å². The second-order valence-corrected chi connectivity index (χ2v) is 4.73. The predicted octanol–water partition coefficient (Wildman–Crippen LogP) is 2.61. The van der Waals surface area contributed by atoms with Crippen LogP contribution in [0.5, 0.6) is 0 Å². The molecule has 0 aliphatic heterocycles. The van der Waals surface area contributed by atoms with E-state index in [1.54, 1.807) is 30.5 Å². The van der Waals surface area contributed by atoms with E-state index in [4.69, 9.17) is 17.3 Å². The van der Waals surface area contributed by atoms with Crippen LogP contribution in [0, 0.1) is 18.8 Å². The highest BCUT2D eigenvalue weighted by Crippen LogP contribution is 2.20. The molecule has 3 N–H and O–H groups in total. The number of carbonyl (C=O) groups excluding carboxylic acids is 1. The van der Waals surface area contributed by atoms with Crippen LogP contribution in [-0.4, -0.2) is 17.4 Å². The average molecular weight is 300 g/mol. The maximum Gasteiger partial charge on any atom is 0.274 e. The van der Waals surface area contributed by atoms with Crippen molar-refractivity contribution >= 4 is 23.2 Å². The van der Waals surface area contributed by atoms with Gasteiger partial charge in [-0.05, 0) is 36.8 Å². The van der Waals surface area contributed by atoms with Gasteiger partial charge < -0.3 is 11.1 Å². The summed E-state index contributed by atoms with van der Waals surface area (Å²) in [6.07, 6.45) is 1.59. The van der Waals surface area contributed by atoms with Crippen molar-refractivity contribution in [2.24, 2.45) is 5.73 Å². The number of carbonyl (C=O) groups is 1. The van der Waals surface area contributed by atoms with Crippen molar-refractivity contribution in [2.45, 2.75) is 6.92 Å². The van der Waals surface area contributed by atoms with Crippen molar-refractivity contribution in [3.63, 3.8) is 0 Å². The zero-order chi connectivity index (χ0) is 15.2. The summed E-state index contributed by atoms with van der Waals surface area (Å²) in [5, 5.41) is 3.30. The zero-order valence-corrected chi connectivity index (χ0v) is 12.2. The number of rotatable bonds is 2. The minimum absolute atomic E-state index is 0.250. The van der Waals surface area contributed by atoms with Gasteiger partial charge in [0, 0.05) is 17.4 Å². The van der Waals surface area contributed by atoms with Crippen molar-refractivity contribution in [3.8, 4) is 11.8 Å². The number of nitrogens with two attached hydrogens (primary N) is 1. The Bertz CT molecular complexity index is 732. The highest BCUT2D eigenvalue weighted by atomic mass is 35.5. The molecule has 1 heterocycles. The van der Waals surface area contributed by atoms with Crippen LogP contribution in [0.15, 0.2) is 36.5 Å². The van der Waals surface area contributed by atoms with E-state index >= 15 is 0 Å². The third kappa shape index (κ3) is 3.82. The van der Waals surface area contributed by atoms with Gasteiger partial charge in [0.1, 0.15) is 5.69 Å². The van der Waals surface area contributed by atoms with E-state index in [0.29, 0.717) is 22.0 Å². The quantitative estimate of drug-likeness (QED) is 0.838. The van der Waals surface area contributed by atoms with E-state index in [9.17, 15) is 4.79 Å². The molecule has 0 aliphatic carbocycles. The van der Waals surface area contributed by atoms with Crippen LogP contribution in [0.3, 0.4) is 0 Å². The molecule has 0 saturated heterocycles. The first kappa shape index (κ1) is 15.0. The van der Waals surface area contributed by atoms with Gasteiger partial charge in [-0.3, -0.25) is 9.78 Å². The predicted molar refractivity (Wildman–Crippen MR) is 84.3 cm³/mol. The molecule has 106 valence electrons. The minimum atomic E-state index is -0.270. The van der Waals surface area contributed by atoms with Crippen LogP contribution in [0.25, 0.3) is 0 Å². The maximum absolute atomic E-state index is 12.2. The fourth-order valence-electron chi connectivity index (χ4n) is 1.76. The van der Waals surface area contributed by atoms with Crippen LogP contribution in [0.2, 0.25) is 5.02 Å². The smallest absolute Gasteiger partial charge is 0.274 e. The van der Waals surface area contributed by atoms with Crippen LogP contribution in [0.4, 0.5) is 5.69 Å². The molecule has 0 unspecified atom stereocenters. The Hall–Kier alpha value is -2.35. The third-order valence-electron chi connectivity index (χ3n) is 2.77. The fraction of sp³-hybridized carbons (Fsp3) is 0.125. The molecular formula is C16H14ClN3O. The SMILES string of the molecule is Cc1cccnc1C(=O)Nc1ccc(Cl)c(C#CCN)c1. The summed E-state index contributed by atoms with van der Waals surface area (Å²) in [6.45, 7) is 2.09. The highest BCUT2D eigenvalue weighted by Gasteiger charge is 2.10. The number of amides is 1. The molecule has 0 saturated carbocycles. The van der Waals surface area contributed by atoms with E-state index in [2.05, 4.69) is 22.1 Å². The molecule has 0 bridgehead atoms. The summed E-state index contributed by atoms with van der Waals surface area (Å²) in [4.78, 5) is 16.3. The lowest BCUT2D eigenvalue weighted by molar-refractivity contribution is 0.102. The van der Waals surface area contributed by atoms with Crippen molar-refractivity contribution in [2.75, 3.05) is 11.9 Å². The molecule has 4 nitrogen and oxygen atoms in total. The largest absolute Gasteiger partial charge is 0.321 e. The van der Waals surface area contributed by atoms with Gasteiger partial charge in [-0.15, -0.1) is 0 Å². The molecule has 21 heavy (non-hydrogen) atoms. The molecule has 0 atom stereocenters. The van der Waals surface area contributed by atoms with Crippen LogP contribution < -0.4 is 11.1 Å². The van der Waals surface area contributed by atoms with Crippen LogP contribution in [0.1, 0.15) is 21.6 Å². The summed E-state index contributed by atoms with van der Waals surface area (Å²) in [7, 11) is 0. The molecule has 0 radical (unpaired) electrons. The second-order valence-electron chi connectivity index (χ2n) is 4.32. The molecule has 1 amide bonds. The summed E-state index contributed by atoms with van der Waals surface area (Å²) in [6, 6.07) is 8.73. The van der Waals surface area contributed by atoms with Crippen molar-refractivity contribution in [1.29, 1.82) is 0 Å². The monoisotopic (exact) mass is 299 g/mol. The summed E-state index contributed by atoms with van der Waals surface area (Å²) >= 11 is 6.04. The first-order valence-electron chi connectivity index (χ1n) is 6.33. The standard InChI is InChI=1S/C16H14ClN3O/c1-11-4-3-9-19-15(11)16(21)20-13-6-7-14(17)12(10-13)5-2-8-18/h3-4,6-7,9-10H,8,18H2,1H3,(H,20,21). The number of nitrogens with zero attached hydrogens (tertiary/aromatic N) is 1. The van der Waals surface area contributed by atoms with Gasteiger partial charge >= 0.3 is 0 Å². The normalized spacial score (nSPS) is 9.67.